The van der Waals surface area contributed by atoms with Gasteiger partial charge in [0.1, 0.15) is 0 Å². The summed E-state index contributed by atoms with van der Waals surface area (Å²) in [7, 11) is 0. The van der Waals surface area contributed by atoms with Gasteiger partial charge in [0.25, 0.3) is 0 Å². The SMILES string of the molecule is Cc1cc2c(cc1N1c3cc4c(cc3B3c5c1cc1c(sc6ccccc61)c5-c1c(ccc5sc6ccccc6c15)N3c1ccc(C(C)(C)C)cc1-c1ccccc1)Oc1ccccc1O4)C(C)(C)CCC2(C)C. The van der Waals surface area contributed by atoms with E-state index in [1.54, 1.807) is 0 Å². The van der Waals surface area contributed by atoms with E-state index in [-0.39, 0.29) is 23.1 Å². The molecule has 7 heteroatoms. The number of hydrogen-bond acceptors (Lipinski definition) is 6. The van der Waals surface area contributed by atoms with Crippen molar-refractivity contribution in [3.05, 3.63) is 186 Å². The van der Waals surface area contributed by atoms with Crippen LogP contribution in [0.4, 0.5) is 28.4 Å². The Morgan fingerprint density at radius 1 is 0.514 bits per heavy atom. The quantitative estimate of drug-likeness (QED) is 0.165. The van der Waals surface area contributed by atoms with Gasteiger partial charge in [0.2, 0.25) is 0 Å². The molecule has 0 saturated carbocycles. The lowest BCUT2D eigenvalue weighted by atomic mass is 9.43. The molecule has 0 N–H and O–H groups in total. The van der Waals surface area contributed by atoms with E-state index in [0.29, 0.717) is 5.75 Å². The number of rotatable bonds is 3. The Hall–Kier alpha value is -7.32. The lowest BCUT2D eigenvalue weighted by Crippen LogP contribution is -2.61. The molecule has 2 aromatic heterocycles. The number of fused-ring (bicyclic) bond motifs is 15. The van der Waals surface area contributed by atoms with Crippen molar-refractivity contribution in [3.63, 3.8) is 0 Å². The first-order valence-electron chi connectivity index (χ1n) is 26.2. The summed E-state index contributed by atoms with van der Waals surface area (Å²) >= 11 is 3.84. The molecule has 9 aromatic carbocycles. The highest BCUT2D eigenvalue weighted by atomic mass is 32.1. The maximum atomic E-state index is 6.97. The minimum atomic E-state index is -0.280. The standard InChI is InChI=1S/C67H55BN2O2S2/c1-38-32-45-46(67(7,8)31-30-66(45,5)6)35-50(38)69-51-37-56-55(71-53-22-14-15-23-54(53)72-56)36-47(51)68-63-52(69)34-44-41-20-12-16-24-57(41)74-64(44)62(63)61-49(28-29-59-60(61)42-21-13-17-25-58(42)73-59)70(68)48-27-26-40(65(2,3)4)33-43(48)39-18-10-9-11-19-39/h9-29,32-37H,30-31H2,1-8H3. The smallest absolute Gasteiger partial charge is 0.333 e. The van der Waals surface area contributed by atoms with Crippen molar-refractivity contribution >= 4 is 109 Å². The molecule has 4 nitrogen and oxygen atoms in total. The van der Waals surface area contributed by atoms with Crippen molar-refractivity contribution in [1.82, 2.24) is 0 Å². The molecule has 0 unspecified atom stereocenters. The Balaban J connectivity index is 1.14. The molecule has 3 aliphatic heterocycles. The van der Waals surface area contributed by atoms with Gasteiger partial charge in [0, 0.05) is 91.5 Å². The van der Waals surface area contributed by atoms with Crippen LogP contribution in [0.1, 0.15) is 83.6 Å². The number of anilines is 5. The summed E-state index contributed by atoms with van der Waals surface area (Å²) in [5.74, 6) is 2.87. The third-order valence-electron chi connectivity index (χ3n) is 17.0. The molecule has 360 valence electrons. The van der Waals surface area contributed by atoms with Crippen LogP contribution in [0.15, 0.2) is 164 Å². The van der Waals surface area contributed by atoms with Crippen LogP contribution in [0.5, 0.6) is 23.0 Å². The second-order valence-electron chi connectivity index (χ2n) is 23.5. The number of hydrogen-bond donors (Lipinski definition) is 0. The molecule has 4 aliphatic rings. The van der Waals surface area contributed by atoms with Crippen molar-refractivity contribution in [2.45, 2.75) is 84.5 Å². The van der Waals surface area contributed by atoms with Gasteiger partial charge in [0.05, 0.1) is 0 Å². The van der Waals surface area contributed by atoms with Gasteiger partial charge in [-0.05, 0) is 141 Å². The van der Waals surface area contributed by atoms with Crippen molar-refractivity contribution < 1.29 is 9.47 Å². The zero-order valence-electron chi connectivity index (χ0n) is 43.1. The van der Waals surface area contributed by atoms with Crippen LogP contribution < -0.4 is 30.1 Å². The Morgan fingerprint density at radius 3 is 1.88 bits per heavy atom. The number of aryl methyl sites for hydroxylation is 1. The summed E-state index contributed by atoms with van der Waals surface area (Å²) in [5.41, 5.74) is 18.8. The Labute approximate surface area is 441 Å². The highest BCUT2D eigenvalue weighted by Crippen LogP contribution is 2.59. The third kappa shape index (κ3) is 6.26. The number of para-hydroxylation sites is 2. The first-order valence-corrected chi connectivity index (χ1v) is 27.9. The molecule has 11 aromatic rings. The van der Waals surface area contributed by atoms with Crippen molar-refractivity contribution in [3.8, 4) is 45.3 Å². The lowest BCUT2D eigenvalue weighted by Gasteiger charge is -2.48. The average molecular weight is 995 g/mol. The van der Waals surface area contributed by atoms with Crippen LogP contribution >= 0.6 is 22.7 Å². The molecular formula is C67H55BN2O2S2. The van der Waals surface area contributed by atoms with E-state index in [1.165, 1.54) is 107 Å². The van der Waals surface area contributed by atoms with Gasteiger partial charge in [0.15, 0.2) is 23.0 Å². The fourth-order valence-electron chi connectivity index (χ4n) is 13.1. The van der Waals surface area contributed by atoms with Gasteiger partial charge in [-0.1, -0.05) is 139 Å². The summed E-state index contributed by atoms with van der Waals surface area (Å²) in [5, 5.41) is 5.18. The van der Waals surface area contributed by atoms with Gasteiger partial charge in [-0.15, -0.1) is 22.7 Å². The highest BCUT2D eigenvalue weighted by Gasteiger charge is 2.49. The molecule has 0 saturated heterocycles. The predicted molar refractivity (Wildman–Crippen MR) is 317 cm³/mol. The van der Waals surface area contributed by atoms with Gasteiger partial charge in [-0.3, -0.25) is 0 Å². The summed E-state index contributed by atoms with van der Waals surface area (Å²) in [4.78, 5) is 5.34. The van der Waals surface area contributed by atoms with Gasteiger partial charge < -0.3 is 19.2 Å². The summed E-state index contributed by atoms with van der Waals surface area (Å²) in [6.07, 6.45) is 2.28. The Kier molecular flexibility index (Phi) is 9.18. The molecule has 0 amide bonds. The highest BCUT2D eigenvalue weighted by molar-refractivity contribution is 7.27. The minimum absolute atomic E-state index is 0.00762. The molecule has 0 fully saturated rings. The average Bonchev–Trinajstić information content (AvgIpc) is 3.97. The molecule has 15 rings (SSSR count). The van der Waals surface area contributed by atoms with Crippen molar-refractivity contribution in [2.24, 2.45) is 0 Å². The maximum Gasteiger partial charge on any atom is 0.333 e. The van der Waals surface area contributed by atoms with E-state index in [0.717, 1.165) is 46.9 Å². The fraction of sp³-hybridized carbons (Fsp3) is 0.194. The van der Waals surface area contributed by atoms with Crippen LogP contribution in [0.3, 0.4) is 0 Å². The van der Waals surface area contributed by atoms with E-state index in [2.05, 4.69) is 205 Å². The molecule has 0 spiro atoms. The number of nitrogens with zero attached hydrogens (tertiary/aromatic N) is 2. The Morgan fingerprint density at radius 2 is 1.15 bits per heavy atom. The van der Waals surface area contributed by atoms with Crippen LogP contribution in [0, 0.1) is 6.92 Å². The normalized spacial score (nSPS) is 15.8. The molecule has 0 radical (unpaired) electrons. The van der Waals surface area contributed by atoms with Crippen molar-refractivity contribution in [2.75, 3.05) is 9.71 Å². The summed E-state index contributed by atoms with van der Waals surface area (Å²) in [6.45, 7) is 18.8. The first kappa shape index (κ1) is 44.2. The van der Waals surface area contributed by atoms with E-state index in [4.69, 9.17) is 9.47 Å². The Bertz CT molecular complexity index is 4230. The second-order valence-corrected chi connectivity index (χ2v) is 25.6. The third-order valence-corrected chi connectivity index (χ3v) is 19.4. The minimum Gasteiger partial charge on any atom is -0.450 e. The van der Waals surface area contributed by atoms with E-state index in [9.17, 15) is 0 Å². The molecule has 0 bridgehead atoms. The maximum absolute atomic E-state index is 6.97. The van der Waals surface area contributed by atoms with E-state index >= 15 is 0 Å². The number of thiophene rings is 2. The molecule has 5 heterocycles. The van der Waals surface area contributed by atoms with E-state index in [1.807, 2.05) is 46.9 Å². The first-order chi connectivity index (χ1) is 35.7. The van der Waals surface area contributed by atoms with Crippen molar-refractivity contribution in [1.29, 1.82) is 0 Å². The molecule has 1 aliphatic carbocycles. The number of benzene rings is 9. The monoisotopic (exact) mass is 994 g/mol. The predicted octanol–water partition coefficient (Wildman–Crippen LogP) is 18.6. The number of ether oxygens (including phenoxy) is 2. The summed E-state index contributed by atoms with van der Waals surface area (Å²) in [6, 6.07) is 61.6. The van der Waals surface area contributed by atoms with Gasteiger partial charge >= 0.3 is 6.85 Å². The zero-order valence-corrected chi connectivity index (χ0v) is 44.7. The van der Waals surface area contributed by atoms with Crippen LogP contribution in [-0.2, 0) is 16.2 Å². The lowest BCUT2D eigenvalue weighted by molar-refractivity contribution is 0.332. The largest absolute Gasteiger partial charge is 0.450 e. The van der Waals surface area contributed by atoms with Crippen LogP contribution in [0.25, 0.3) is 62.6 Å². The van der Waals surface area contributed by atoms with Crippen LogP contribution in [-0.4, -0.2) is 6.85 Å². The van der Waals surface area contributed by atoms with E-state index < -0.39 is 0 Å². The second kappa shape index (κ2) is 15.4. The molecule has 0 atom stereocenters. The molecular weight excluding hydrogens is 940 g/mol. The fourth-order valence-corrected chi connectivity index (χ4v) is 15.4. The molecule has 74 heavy (non-hydrogen) atoms. The zero-order chi connectivity index (χ0) is 50.2. The topological polar surface area (TPSA) is 24.9 Å². The van der Waals surface area contributed by atoms with Crippen LogP contribution in [0.2, 0.25) is 0 Å². The van der Waals surface area contributed by atoms with Gasteiger partial charge in [-0.25, -0.2) is 0 Å². The van der Waals surface area contributed by atoms with Gasteiger partial charge in [-0.2, -0.15) is 0 Å². The summed E-state index contributed by atoms with van der Waals surface area (Å²) < 4.78 is 19.1.